The third-order valence-corrected chi connectivity index (χ3v) is 10.1. The van der Waals surface area contributed by atoms with Gasteiger partial charge in [0, 0.05) is 37.8 Å². The van der Waals surface area contributed by atoms with Gasteiger partial charge in [0.05, 0.1) is 10.6 Å². The normalized spacial score (nSPS) is 19.8. The van der Waals surface area contributed by atoms with Crippen molar-refractivity contribution >= 4 is 50.7 Å². The largest absolute Gasteiger partial charge is 0.460 e. The summed E-state index contributed by atoms with van der Waals surface area (Å²) in [7, 11) is 1.52. The minimum absolute atomic E-state index is 0.0408. The Morgan fingerprint density at radius 1 is 1.02 bits per heavy atom. The minimum atomic E-state index is -0.868. The molecule has 0 bridgehead atoms. The molecule has 0 spiro atoms. The second-order valence-corrected chi connectivity index (χ2v) is 13.2. The summed E-state index contributed by atoms with van der Waals surface area (Å²) in [5.74, 6) is -1.04. The molecule has 0 unspecified atom stereocenters. The number of hydrogen-bond donors (Lipinski definition) is 2. The number of nitrogens with one attached hydrogen (secondary N) is 2. The van der Waals surface area contributed by atoms with Crippen LogP contribution in [0.2, 0.25) is 0 Å². The summed E-state index contributed by atoms with van der Waals surface area (Å²) in [6, 6.07) is 15.2. The molecule has 5 rings (SSSR count). The molecule has 2 heterocycles. The maximum absolute atomic E-state index is 14.5. The molecule has 1 aliphatic carbocycles. The number of likely N-dealkylation sites (N-methyl/N-ethyl adjacent to an activating group) is 1. The Labute approximate surface area is 278 Å². The number of para-hydroxylation sites is 1. The van der Waals surface area contributed by atoms with E-state index in [4.69, 9.17) is 9.47 Å². The van der Waals surface area contributed by atoms with Gasteiger partial charge < -0.3 is 24.7 Å². The van der Waals surface area contributed by atoms with Crippen molar-refractivity contribution in [1.29, 1.82) is 0 Å². The molecule has 3 amide bonds. The number of likely N-dealkylation sites (tertiary alicyclic amines) is 1. The molecule has 1 aromatic heterocycles. The lowest BCUT2D eigenvalue weighted by atomic mass is 9.83. The number of benzene rings is 2. The van der Waals surface area contributed by atoms with E-state index in [1.165, 1.54) is 18.9 Å². The zero-order chi connectivity index (χ0) is 32.8. The number of esters is 1. The molecular weight excluding hydrogens is 652 g/mol. The number of halogens is 1. The van der Waals surface area contributed by atoms with Gasteiger partial charge in [-0.1, -0.05) is 67.8 Å². The molecule has 4 atom stereocenters. The number of fused-ring (bicyclic) bond motifs is 1. The number of amides is 3. The van der Waals surface area contributed by atoms with E-state index in [1.807, 2.05) is 54.6 Å². The van der Waals surface area contributed by atoms with Crippen LogP contribution in [0.3, 0.4) is 0 Å². The topological polar surface area (TPSA) is 121 Å². The first-order valence-electron chi connectivity index (χ1n) is 16.1. The summed E-state index contributed by atoms with van der Waals surface area (Å²) in [6.45, 7) is 3.51. The summed E-state index contributed by atoms with van der Waals surface area (Å²) < 4.78 is 12.0. The second-order valence-electron chi connectivity index (χ2n) is 12.4. The van der Waals surface area contributed by atoms with E-state index < -0.39 is 42.2 Å². The van der Waals surface area contributed by atoms with Gasteiger partial charge in [0.1, 0.15) is 24.8 Å². The number of H-pyrrole nitrogens is 1. The predicted octanol–water partition coefficient (Wildman–Crippen LogP) is 5.73. The molecule has 0 radical (unpaired) electrons. The van der Waals surface area contributed by atoms with Crippen LogP contribution in [-0.2, 0) is 36.9 Å². The molecule has 2 N–H and O–H groups in total. The standard InChI is InChI=1S/C35H43BrN4O6/c1-22(39(3)35(44)45-21-24-12-6-4-7-13-24)33(42)38-31(25-14-8-5-9-15-25)34(43)40-19-18-30(46-23(2)41)29(40)20-27-26-16-10-11-17-28(26)37-32(27)36/h4,6-7,10-13,16-17,22,25,29-31,37H,5,8-9,14-15,18-21H2,1-3H3,(H,38,42)/t22-,29+,30+,31-/m0/s1. The van der Waals surface area contributed by atoms with Gasteiger partial charge in [0.2, 0.25) is 11.8 Å². The highest BCUT2D eigenvalue weighted by atomic mass is 79.9. The Morgan fingerprint density at radius 2 is 1.72 bits per heavy atom. The monoisotopic (exact) mass is 694 g/mol. The van der Waals surface area contributed by atoms with Crippen LogP contribution in [0, 0.1) is 5.92 Å². The van der Waals surface area contributed by atoms with Crippen LogP contribution in [0.4, 0.5) is 4.79 Å². The highest BCUT2D eigenvalue weighted by molar-refractivity contribution is 9.10. The number of carbonyl (C=O) groups excluding carboxylic acids is 4. The molecule has 11 heteroatoms. The Bertz CT molecular complexity index is 1540. The lowest BCUT2D eigenvalue weighted by Crippen LogP contribution is -2.58. The maximum atomic E-state index is 14.5. The van der Waals surface area contributed by atoms with Gasteiger partial charge in [-0.15, -0.1) is 0 Å². The highest BCUT2D eigenvalue weighted by Gasteiger charge is 2.44. The molecule has 1 saturated carbocycles. The second kappa shape index (κ2) is 15.2. The number of rotatable bonds is 10. The van der Waals surface area contributed by atoms with Crippen LogP contribution in [-0.4, -0.2) is 76.5 Å². The fourth-order valence-electron chi connectivity index (χ4n) is 6.72. The van der Waals surface area contributed by atoms with E-state index >= 15 is 0 Å². The molecule has 2 aliphatic rings. The smallest absolute Gasteiger partial charge is 0.410 e. The molecule has 1 saturated heterocycles. The van der Waals surface area contributed by atoms with Gasteiger partial charge >= 0.3 is 12.1 Å². The zero-order valence-electron chi connectivity index (χ0n) is 26.7. The number of aromatic amines is 1. The van der Waals surface area contributed by atoms with Gasteiger partial charge in [-0.25, -0.2) is 4.79 Å². The molecule has 46 heavy (non-hydrogen) atoms. The highest BCUT2D eigenvalue weighted by Crippen LogP contribution is 2.34. The Kier molecular flexibility index (Phi) is 11.0. The quantitative estimate of drug-likeness (QED) is 0.262. The number of carbonyl (C=O) groups is 4. The molecule has 3 aromatic rings. The van der Waals surface area contributed by atoms with Gasteiger partial charge in [0.25, 0.3) is 0 Å². The van der Waals surface area contributed by atoms with Crippen LogP contribution >= 0.6 is 15.9 Å². The third kappa shape index (κ3) is 7.74. The van der Waals surface area contributed by atoms with Crippen molar-refractivity contribution in [1.82, 2.24) is 20.1 Å². The average molecular weight is 696 g/mol. The Hall–Kier alpha value is -3.86. The third-order valence-electron chi connectivity index (χ3n) is 9.40. The van der Waals surface area contributed by atoms with Gasteiger partial charge in [-0.3, -0.25) is 19.3 Å². The fourth-order valence-corrected chi connectivity index (χ4v) is 7.31. The number of aromatic nitrogens is 1. The number of hydrogen-bond acceptors (Lipinski definition) is 6. The average Bonchev–Trinajstić information content (AvgIpc) is 3.61. The fraction of sp³-hybridized carbons (Fsp3) is 0.486. The van der Waals surface area contributed by atoms with Gasteiger partial charge in [0.15, 0.2) is 0 Å². The summed E-state index contributed by atoms with van der Waals surface area (Å²) in [6.07, 6.45) is 4.56. The van der Waals surface area contributed by atoms with E-state index in [9.17, 15) is 19.2 Å². The molecule has 10 nitrogen and oxygen atoms in total. The lowest BCUT2D eigenvalue weighted by molar-refractivity contribution is -0.150. The first kappa shape index (κ1) is 33.5. The Balaban J connectivity index is 1.34. The molecule has 1 aliphatic heterocycles. The zero-order valence-corrected chi connectivity index (χ0v) is 28.3. The van der Waals surface area contributed by atoms with E-state index in [-0.39, 0.29) is 18.4 Å². The number of nitrogens with zero attached hydrogens (tertiary/aromatic N) is 2. The Morgan fingerprint density at radius 3 is 2.43 bits per heavy atom. The SMILES string of the molecule is CC(=O)O[C@@H]1CCN(C(=O)[C@@H](NC(=O)[C@H](C)N(C)C(=O)OCc2ccccc2)C2CCCCC2)[C@@H]1Cc1c(Br)[nH]c2ccccc12. The van der Waals surface area contributed by atoms with Crippen molar-refractivity contribution in [2.24, 2.45) is 5.92 Å². The van der Waals surface area contributed by atoms with Crippen LogP contribution in [0.1, 0.15) is 63.5 Å². The van der Waals surface area contributed by atoms with E-state index in [0.29, 0.717) is 19.4 Å². The molecule has 246 valence electrons. The van der Waals surface area contributed by atoms with Crippen LogP contribution in [0.15, 0.2) is 59.2 Å². The lowest BCUT2D eigenvalue weighted by Gasteiger charge is -2.36. The van der Waals surface area contributed by atoms with Gasteiger partial charge in [-0.05, 0) is 65.2 Å². The van der Waals surface area contributed by atoms with E-state index in [0.717, 1.165) is 58.7 Å². The van der Waals surface area contributed by atoms with Crippen LogP contribution in [0.5, 0.6) is 0 Å². The van der Waals surface area contributed by atoms with Crippen molar-refractivity contribution in [3.63, 3.8) is 0 Å². The predicted molar refractivity (Wildman–Crippen MR) is 178 cm³/mol. The first-order valence-corrected chi connectivity index (χ1v) is 16.9. The first-order chi connectivity index (χ1) is 22.1. The van der Waals surface area contributed by atoms with Crippen LogP contribution in [0.25, 0.3) is 10.9 Å². The molecule has 2 fully saturated rings. The van der Waals surface area contributed by atoms with E-state index in [1.54, 1.807) is 11.8 Å². The summed E-state index contributed by atoms with van der Waals surface area (Å²) in [5, 5.41) is 4.08. The minimum Gasteiger partial charge on any atom is -0.460 e. The number of ether oxygens (including phenoxy) is 2. The summed E-state index contributed by atoms with van der Waals surface area (Å²) in [4.78, 5) is 59.5. The van der Waals surface area contributed by atoms with Gasteiger partial charge in [-0.2, -0.15) is 0 Å². The van der Waals surface area contributed by atoms with Crippen molar-refractivity contribution in [2.45, 2.75) is 89.6 Å². The molecular formula is C35H43BrN4O6. The molecule has 2 aromatic carbocycles. The summed E-state index contributed by atoms with van der Waals surface area (Å²) >= 11 is 3.67. The van der Waals surface area contributed by atoms with Crippen LogP contribution < -0.4 is 5.32 Å². The van der Waals surface area contributed by atoms with E-state index in [2.05, 4.69) is 26.2 Å². The van der Waals surface area contributed by atoms with Crippen molar-refractivity contribution in [3.8, 4) is 0 Å². The summed E-state index contributed by atoms with van der Waals surface area (Å²) in [5.41, 5.74) is 2.81. The van der Waals surface area contributed by atoms with Crippen molar-refractivity contribution in [3.05, 3.63) is 70.3 Å². The van der Waals surface area contributed by atoms with Crippen molar-refractivity contribution < 1.29 is 28.7 Å². The van der Waals surface area contributed by atoms with Crippen molar-refractivity contribution in [2.75, 3.05) is 13.6 Å². The maximum Gasteiger partial charge on any atom is 0.410 e.